The maximum Gasteiger partial charge on any atom is 1.00 e. The van der Waals surface area contributed by atoms with Crippen molar-refractivity contribution < 1.29 is 73.9 Å². The van der Waals surface area contributed by atoms with Crippen LogP contribution >= 0.6 is 22.6 Å². The Kier molecular flexibility index (Phi) is 7.79. The molecule has 0 amide bonds. The summed E-state index contributed by atoms with van der Waals surface area (Å²) in [4.78, 5) is 11.9. The Bertz CT molecular complexity index is 513. The first-order chi connectivity index (χ1) is 8.42. The molecule has 0 aliphatic rings. The quantitative estimate of drug-likeness (QED) is 0.396. The fourth-order valence-corrected chi connectivity index (χ4v) is 2.23. The summed E-state index contributed by atoms with van der Waals surface area (Å²) in [6, 6.07) is 2.46. The van der Waals surface area contributed by atoms with Gasteiger partial charge in [-0.05, 0) is 56.4 Å². The number of hydrogen-bond donors (Lipinski definition) is 0. The molecule has 0 fully saturated rings. The molecule has 0 spiro atoms. The van der Waals surface area contributed by atoms with E-state index in [4.69, 9.17) is 4.74 Å². The fraction of sp³-hybridized carbons (Fsp3) is 0.417. The van der Waals surface area contributed by atoms with Crippen LogP contribution in [0.15, 0.2) is 12.1 Å². The summed E-state index contributed by atoms with van der Waals surface area (Å²) < 4.78 is 44.2. The minimum atomic E-state index is -5.15. The molecule has 0 radical (unpaired) electrons. The van der Waals surface area contributed by atoms with Gasteiger partial charge in [0.05, 0.1) is 5.56 Å². The van der Waals surface area contributed by atoms with Gasteiger partial charge in [0, 0.05) is 3.57 Å². The summed E-state index contributed by atoms with van der Waals surface area (Å²) in [5.74, 6) is -0.732. The molecule has 0 saturated carbocycles. The van der Waals surface area contributed by atoms with Crippen LogP contribution in [0.2, 0.25) is 0 Å². The molecule has 0 aliphatic heterocycles. The van der Waals surface area contributed by atoms with E-state index in [9.17, 15) is 17.7 Å². The zero-order chi connectivity index (χ0) is 15.0. The second-order valence-corrected chi connectivity index (χ2v) is 6.49. The van der Waals surface area contributed by atoms with Gasteiger partial charge in [-0.1, -0.05) is 11.6 Å². The molecule has 8 heteroatoms. The standard InChI is InChI=1S/C12H14BF3IO2.K/c1-7-9(11(18)19-12(2,3)4)5-8(17)6-10(7)13(14,15)16;/h5-6H,1-4H3;/q-1;+1. The molecule has 0 bridgehead atoms. The van der Waals surface area contributed by atoms with E-state index >= 15 is 0 Å². The number of ether oxygens (including phenoxy) is 1. The number of benzene rings is 1. The van der Waals surface area contributed by atoms with E-state index in [1.165, 1.54) is 13.0 Å². The third-order valence-corrected chi connectivity index (χ3v) is 3.01. The number of halogens is 4. The fourth-order valence-electron chi connectivity index (χ4n) is 1.59. The molecule has 20 heavy (non-hydrogen) atoms. The van der Waals surface area contributed by atoms with Crippen LogP contribution in [0.5, 0.6) is 0 Å². The molecular formula is C12H14BF3IKO2. The molecule has 106 valence electrons. The van der Waals surface area contributed by atoms with Gasteiger partial charge in [-0.3, -0.25) is 0 Å². The van der Waals surface area contributed by atoms with Gasteiger partial charge in [0.1, 0.15) is 5.60 Å². The third-order valence-electron chi connectivity index (χ3n) is 2.38. The van der Waals surface area contributed by atoms with Crippen molar-refractivity contribution in [2.45, 2.75) is 33.3 Å². The molecule has 0 saturated heterocycles. The van der Waals surface area contributed by atoms with E-state index in [-0.39, 0.29) is 62.5 Å². The van der Waals surface area contributed by atoms with Crippen LogP contribution in [0.1, 0.15) is 36.7 Å². The van der Waals surface area contributed by atoms with Crippen molar-refractivity contribution >= 4 is 41.0 Å². The van der Waals surface area contributed by atoms with Gasteiger partial charge in [-0.2, -0.15) is 0 Å². The van der Waals surface area contributed by atoms with Gasteiger partial charge in [-0.15, -0.1) is 5.46 Å². The number of hydrogen-bond acceptors (Lipinski definition) is 2. The molecule has 0 heterocycles. The molecule has 0 N–H and O–H groups in total. The van der Waals surface area contributed by atoms with E-state index in [2.05, 4.69) is 0 Å². The van der Waals surface area contributed by atoms with Gasteiger partial charge in [0.2, 0.25) is 0 Å². The maximum absolute atomic E-state index is 12.9. The van der Waals surface area contributed by atoms with Crippen LogP contribution < -0.4 is 56.8 Å². The summed E-state index contributed by atoms with van der Waals surface area (Å²) in [5, 5.41) is 0. The number of carbonyl (C=O) groups is 1. The Hall–Kier alpha value is 0.911. The van der Waals surface area contributed by atoms with E-state index in [1.807, 2.05) is 0 Å². The Balaban J connectivity index is 0.00000361. The van der Waals surface area contributed by atoms with Crippen molar-refractivity contribution in [3.05, 3.63) is 26.8 Å². The smallest absolute Gasteiger partial charge is 0.456 e. The van der Waals surface area contributed by atoms with Crippen LogP contribution in [0.25, 0.3) is 0 Å². The summed E-state index contributed by atoms with van der Waals surface area (Å²) in [6.07, 6.45) is 0. The molecule has 0 unspecified atom stereocenters. The van der Waals surface area contributed by atoms with Crippen molar-refractivity contribution in [2.75, 3.05) is 0 Å². The number of carbonyl (C=O) groups excluding carboxylic acids is 1. The minimum Gasteiger partial charge on any atom is -0.456 e. The minimum absolute atomic E-state index is 0. The van der Waals surface area contributed by atoms with Crippen molar-refractivity contribution in [1.29, 1.82) is 0 Å². The largest absolute Gasteiger partial charge is 1.00 e. The first-order valence-electron chi connectivity index (χ1n) is 5.65. The average molecular weight is 424 g/mol. The van der Waals surface area contributed by atoms with Crippen LogP contribution in [0, 0.1) is 10.5 Å². The summed E-state index contributed by atoms with van der Waals surface area (Å²) in [7, 11) is 0. The third kappa shape index (κ3) is 5.96. The van der Waals surface area contributed by atoms with Gasteiger partial charge in [0.25, 0.3) is 0 Å². The van der Waals surface area contributed by atoms with Crippen molar-refractivity contribution in [1.82, 2.24) is 0 Å². The summed E-state index contributed by atoms with van der Waals surface area (Å²) >= 11 is 1.76. The van der Waals surface area contributed by atoms with Crippen molar-refractivity contribution in [3.63, 3.8) is 0 Å². The van der Waals surface area contributed by atoms with Gasteiger partial charge < -0.3 is 17.7 Å². The second kappa shape index (κ2) is 7.45. The maximum atomic E-state index is 12.9. The average Bonchev–Trinajstić information content (AvgIpc) is 2.16. The number of rotatable bonds is 2. The van der Waals surface area contributed by atoms with Crippen LogP contribution in [0.3, 0.4) is 0 Å². The molecule has 1 aromatic rings. The first-order valence-corrected chi connectivity index (χ1v) is 6.73. The van der Waals surface area contributed by atoms with Crippen LogP contribution in [-0.2, 0) is 4.74 Å². The zero-order valence-electron chi connectivity index (χ0n) is 12.1. The normalized spacial score (nSPS) is 11.8. The van der Waals surface area contributed by atoms with E-state index in [1.54, 1.807) is 43.4 Å². The van der Waals surface area contributed by atoms with Crippen LogP contribution in [0.4, 0.5) is 12.9 Å². The van der Waals surface area contributed by atoms with Crippen molar-refractivity contribution in [2.24, 2.45) is 0 Å². The number of esters is 1. The Morgan fingerprint density at radius 3 is 2.15 bits per heavy atom. The molecule has 0 atom stereocenters. The molecule has 0 aliphatic carbocycles. The second-order valence-electron chi connectivity index (χ2n) is 5.24. The summed E-state index contributed by atoms with van der Waals surface area (Å²) in [5.41, 5.74) is -1.60. The topological polar surface area (TPSA) is 26.3 Å². The Labute approximate surface area is 172 Å². The van der Waals surface area contributed by atoms with E-state index in [0.29, 0.717) is 3.57 Å². The molecule has 2 nitrogen and oxygen atoms in total. The Morgan fingerprint density at radius 1 is 1.25 bits per heavy atom. The first kappa shape index (κ1) is 20.9. The molecular weight excluding hydrogens is 410 g/mol. The van der Waals surface area contributed by atoms with Crippen LogP contribution in [-0.4, -0.2) is 18.5 Å². The van der Waals surface area contributed by atoms with Gasteiger partial charge in [0.15, 0.2) is 0 Å². The zero-order valence-corrected chi connectivity index (χ0v) is 17.3. The predicted molar refractivity (Wildman–Crippen MR) is 77.8 cm³/mol. The monoisotopic (exact) mass is 424 g/mol. The van der Waals surface area contributed by atoms with Crippen molar-refractivity contribution in [3.8, 4) is 0 Å². The predicted octanol–water partition coefficient (Wildman–Crippen LogP) is 0.613. The SMILES string of the molecule is Cc1c(C(=O)OC(C)(C)C)cc(I)cc1[B-](F)(F)F.[K+]. The van der Waals surface area contributed by atoms with E-state index in [0.717, 1.165) is 6.07 Å². The Morgan fingerprint density at radius 2 is 1.75 bits per heavy atom. The van der Waals surface area contributed by atoms with Gasteiger partial charge >= 0.3 is 64.3 Å². The molecule has 0 aromatic heterocycles. The van der Waals surface area contributed by atoms with E-state index < -0.39 is 24.0 Å². The summed E-state index contributed by atoms with van der Waals surface area (Å²) in [6.45, 7) is 1.15. The van der Waals surface area contributed by atoms with Gasteiger partial charge in [-0.25, -0.2) is 4.79 Å². The molecule has 1 aromatic carbocycles. The molecule has 1 rings (SSSR count).